The average molecular weight is 361 g/mol. The molecule has 2 N–H and O–H groups in total. The highest BCUT2D eigenvalue weighted by atomic mass is 16.5. The maximum absolute atomic E-state index is 12.4. The molecule has 27 heavy (non-hydrogen) atoms. The third-order valence-corrected chi connectivity index (χ3v) is 4.96. The topological polar surface area (TPSA) is 53.6 Å². The number of amides is 1. The van der Waals surface area contributed by atoms with Gasteiger partial charge < -0.3 is 20.3 Å². The number of hydrogen-bond donors (Lipinski definition) is 2. The van der Waals surface area contributed by atoms with Gasteiger partial charge in [-0.2, -0.15) is 0 Å². The van der Waals surface area contributed by atoms with Crippen molar-refractivity contribution in [3.05, 3.63) is 83.1 Å². The van der Waals surface area contributed by atoms with Gasteiger partial charge in [-0.15, -0.1) is 0 Å². The Labute approximate surface area is 159 Å². The fraction of sp³-hybridized carbons (Fsp3) is 0.227. The molecule has 2 aromatic rings. The van der Waals surface area contributed by atoms with Crippen molar-refractivity contribution in [3.63, 3.8) is 0 Å². The lowest BCUT2D eigenvalue weighted by atomic mass is 10.1. The van der Waals surface area contributed by atoms with E-state index in [1.165, 1.54) is 11.1 Å². The molecule has 0 unspecified atom stereocenters. The van der Waals surface area contributed by atoms with Crippen LogP contribution < -0.4 is 20.3 Å². The highest BCUT2D eigenvalue weighted by molar-refractivity contribution is 5.94. The van der Waals surface area contributed by atoms with Crippen molar-refractivity contribution in [2.45, 2.75) is 6.54 Å². The van der Waals surface area contributed by atoms with Gasteiger partial charge in [0.15, 0.2) is 0 Å². The Kier molecular flexibility index (Phi) is 4.94. The Morgan fingerprint density at radius 1 is 1.07 bits per heavy atom. The molecular weight excluding hydrogens is 338 g/mol. The summed E-state index contributed by atoms with van der Waals surface area (Å²) in [5.41, 5.74) is 5.55. The summed E-state index contributed by atoms with van der Waals surface area (Å²) in [5.74, 6) is 0.736. The zero-order valence-corrected chi connectivity index (χ0v) is 15.4. The summed E-state index contributed by atoms with van der Waals surface area (Å²) in [6.45, 7) is 3.24. The zero-order valence-electron chi connectivity index (χ0n) is 15.4. The maximum Gasteiger partial charge on any atom is 0.251 e. The highest BCUT2D eigenvalue weighted by Crippen LogP contribution is 2.24. The minimum Gasteiger partial charge on any atom is -0.497 e. The molecule has 2 aromatic carbocycles. The van der Waals surface area contributed by atoms with Gasteiger partial charge in [0.2, 0.25) is 0 Å². The number of carbonyl (C=O) groups is 1. The van der Waals surface area contributed by atoms with Gasteiger partial charge in [-0.05, 0) is 53.1 Å². The largest absolute Gasteiger partial charge is 0.497 e. The SMILES string of the molecule is COc1ccc(CNC(=O)c2ccc(N3C=C4CNCC4=CC3)cc2)cc1. The van der Waals surface area contributed by atoms with Gasteiger partial charge in [-0.25, -0.2) is 0 Å². The van der Waals surface area contributed by atoms with Crippen LogP contribution in [0.15, 0.2) is 72.0 Å². The molecule has 0 spiro atoms. The monoisotopic (exact) mass is 361 g/mol. The van der Waals surface area contributed by atoms with E-state index < -0.39 is 0 Å². The predicted molar refractivity (Wildman–Crippen MR) is 107 cm³/mol. The number of fused-ring (bicyclic) bond motifs is 1. The van der Waals surface area contributed by atoms with Crippen LogP contribution in [0.5, 0.6) is 5.75 Å². The number of rotatable bonds is 5. The fourth-order valence-corrected chi connectivity index (χ4v) is 3.35. The molecule has 0 atom stereocenters. The first-order chi connectivity index (χ1) is 13.2. The quantitative estimate of drug-likeness (QED) is 0.860. The molecule has 5 heteroatoms. The molecule has 138 valence electrons. The molecular formula is C22H23N3O2. The third kappa shape index (κ3) is 3.88. The van der Waals surface area contributed by atoms with Crippen LogP contribution in [-0.4, -0.2) is 32.7 Å². The average Bonchev–Trinajstić information content (AvgIpc) is 3.20. The number of hydrogen-bond acceptors (Lipinski definition) is 4. The summed E-state index contributed by atoms with van der Waals surface area (Å²) in [7, 11) is 1.64. The number of anilines is 1. The van der Waals surface area contributed by atoms with Crippen LogP contribution in [0.4, 0.5) is 5.69 Å². The molecule has 1 amide bonds. The first-order valence-electron chi connectivity index (χ1n) is 9.11. The number of nitrogens with zero attached hydrogens (tertiary/aromatic N) is 1. The summed E-state index contributed by atoms with van der Waals surface area (Å²) < 4.78 is 5.15. The number of nitrogens with one attached hydrogen (secondary N) is 2. The molecule has 4 rings (SSSR count). The van der Waals surface area contributed by atoms with Gasteiger partial charge in [0.25, 0.3) is 5.91 Å². The Morgan fingerprint density at radius 2 is 1.81 bits per heavy atom. The van der Waals surface area contributed by atoms with Crippen molar-refractivity contribution in [2.24, 2.45) is 0 Å². The van der Waals surface area contributed by atoms with E-state index in [1.807, 2.05) is 48.5 Å². The molecule has 0 bridgehead atoms. The number of methoxy groups -OCH3 is 1. The molecule has 0 aromatic heterocycles. The Balaban J connectivity index is 1.37. The zero-order chi connectivity index (χ0) is 18.6. The Bertz CT molecular complexity index is 883. The van der Waals surface area contributed by atoms with E-state index in [9.17, 15) is 4.79 Å². The molecule has 1 saturated heterocycles. The second-order valence-electron chi connectivity index (χ2n) is 6.72. The van der Waals surface area contributed by atoms with Gasteiger partial charge in [0.1, 0.15) is 5.75 Å². The predicted octanol–water partition coefficient (Wildman–Crippen LogP) is 2.86. The van der Waals surface area contributed by atoms with Crippen LogP contribution in [0.3, 0.4) is 0 Å². The van der Waals surface area contributed by atoms with Gasteiger partial charge >= 0.3 is 0 Å². The van der Waals surface area contributed by atoms with Crippen molar-refractivity contribution in [1.82, 2.24) is 10.6 Å². The van der Waals surface area contributed by atoms with Gasteiger partial charge in [0.05, 0.1) is 7.11 Å². The summed E-state index contributed by atoms with van der Waals surface area (Å²) in [5, 5.41) is 6.33. The van der Waals surface area contributed by atoms with E-state index >= 15 is 0 Å². The molecule has 5 nitrogen and oxygen atoms in total. The van der Waals surface area contributed by atoms with Gasteiger partial charge in [-0.1, -0.05) is 18.2 Å². The van der Waals surface area contributed by atoms with Crippen molar-refractivity contribution in [3.8, 4) is 5.75 Å². The van der Waals surface area contributed by atoms with E-state index in [-0.39, 0.29) is 5.91 Å². The van der Waals surface area contributed by atoms with Crippen molar-refractivity contribution < 1.29 is 9.53 Å². The smallest absolute Gasteiger partial charge is 0.251 e. The molecule has 2 aliphatic rings. The standard InChI is InChI=1S/C22H23N3O2/c1-27-21-8-2-16(3-9-21)12-24-22(26)17-4-6-20(7-5-17)25-11-10-18-13-23-14-19(18)15-25/h2-10,15,23H,11-14H2,1H3,(H,24,26). The molecule has 0 aliphatic carbocycles. The summed E-state index contributed by atoms with van der Waals surface area (Å²) in [6.07, 6.45) is 4.47. The van der Waals surface area contributed by atoms with E-state index in [0.29, 0.717) is 12.1 Å². The van der Waals surface area contributed by atoms with E-state index in [2.05, 4.69) is 27.8 Å². The molecule has 1 fully saturated rings. The van der Waals surface area contributed by atoms with Crippen molar-refractivity contribution >= 4 is 11.6 Å². The van der Waals surface area contributed by atoms with Crippen LogP contribution in [-0.2, 0) is 6.54 Å². The van der Waals surface area contributed by atoms with Crippen molar-refractivity contribution in [1.29, 1.82) is 0 Å². The highest BCUT2D eigenvalue weighted by Gasteiger charge is 2.18. The summed E-state index contributed by atoms with van der Waals surface area (Å²) in [4.78, 5) is 14.6. The number of carbonyl (C=O) groups excluding carboxylic acids is 1. The van der Waals surface area contributed by atoms with Crippen LogP contribution in [0, 0.1) is 0 Å². The fourth-order valence-electron chi connectivity index (χ4n) is 3.35. The van der Waals surface area contributed by atoms with Crippen molar-refractivity contribution in [2.75, 3.05) is 31.6 Å². The summed E-state index contributed by atoms with van der Waals surface area (Å²) >= 11 is 0. The minimum absolute atomic E-state index is 0.0726. The number of benzene rings is 2. The Morgan fingerprint density at radius 3 is 2.56 bits per heavy atom. The maximum atomic E-state index is 12.4. The lowest BCUT2D eigenvalue weighted by Gasteiger charge is -2.24. The Hall–Kier alpha value is -3.05. The molecule has 0 saturated carbocycles. The lowest BCUT2D eigenvalue weighted by Crippen LogP contribution is -2.23. The first-order valence-corrected chi connectivity index (χ1v) is 9.11. The summed E-state index contributed by atoms with van der Waals surface area (Å²) in [6, 6.07) is 15.4. The van der Waals surface area contributed by atoms with Gasteiger partial charge in [0, 0.05) is 43.6 Å². The number of ether oxygens (including phenoxy) is 1. The van der Waals surface area contributed by atoms with Crippen LogP contribution in [0.2, 0.25) is 0 Å². The van der Waals surface area contributed by atoms with Crippen LogP contribution >= 0.6 is 0 Å². The van der Waals surface area contributed by atoms with E-state index in [4.69, 9.17) is 4.74 Å². The molecule has 2 heterocycles. The third-order valence-electron chi connectivity index (χ3n) is 4.96. The van der Waals surface area contributed by atoms with Crippen LogP contribution in [0.25, 0.3) is 0 Å². The first kappa shape index (κ1) is 17.4. The molecule has 2 aliphatic heterocycles. The van der Waals surface area contributed by atoms with E-state index in [1.54, 1.807) is 7.11 Å². The molecule has 0 radical (unpaired) electrons. The normalized spacial score (nSPS) is 15.7. The second-order valence-corrected chi connectivity index (χ2v) is 6.72. The lowest BCUT2D eigenvalue weighted by molar-refractivity contribution is 0.0951. The van der Waals surface area contributed by atoms with E-state index in [0.717, 1.165) is 36.6 Å². The second kappa shape index (κ2) is 7.68. The minimum atomic E-state index is -0.0726. The van der Waals surface area contributed by atoms with Crippen LogP contribution in [0.1, 0.15) is 15.9 Å². The van der Waals surface area contributed by atoms with Gasteiger partial charge in [-0.3, -0.25) is 4.79 Å².